The largest absolute Gasteiger partial charge is 0.264 e. The van der Waals surface area contributed by atoms with Gasteiger partial charge in [-0.25, -0.2) is 13.8 Å². The van der Waals surface area contributed by atoms with E-state index in [1.807, 2.05) is 6.07 Å². The Morgan fingerprint density at radius 3 is 2.67 bits per heavy atom. The summed E-state index contributed by atoms with van der Waals surface area (Å²) in [5, 5.41) is 8.36. The third kappa shape index (κ3) is 2.77. The van der Waals surface area contributed by atoms with E-state index in [1.54, 1.807) is 0 Å². The maximum Gasteiger partial charge on any atom is 0.264 e. The third-order valence-corrected chi connectivity index (χ3v) is 2.37. The van der Waals surface area contributed by atoms with Gasteiger partial charge in [0.15, 0.2) is 0 Å². The lowest BCUT2D eigenvalue weighted by molar-refractivity contribution is 0.150. The molecule has 0 amide bonds. The van der Waals surface area contributed by atoms with E-state index in [9.17, 15) is 8.78 Å². The minimum atomic E-state index is -2.67. The van der Waals surface area contributed by atoms with Crippen LogP contribution in [0.25, 0.3) is 0 Å². The van der Waals surface area contributed by atoms with Crippen LogP contribution in [0.5, 0.6) is 0 Å². The first-order valence-corrected chi connectivity index (χ1v) is 4.90. The fourth-order valence-electron chi connectivity index (χ4n) is 1.11. The smallest absolute Gasteiger partial charge is 0.240 e. The summed E-state index contributed by atoms with van der Waals surface area (Å²) < 4.78 is 25.2. The average Bonchev–Trinajstić information content (AvgIpc) is 2.17. The van der Waals surface area contributed by atoms with Crippen LogP contribution in [0, 0.1) is 11.3 Å². The molecule has 0 unspecified atom stereocenters. The number of hydrogen-bond acceptors (Lipinski definition) is 2. The van der Waals surface area contributed by atoms with Crippen LogP contribution in [0.2, 0.25) is 5.15 Å². The predicted molar refractivity (Wildman–Crippen MR) is 53.1 cm³/mol. The van der Waals surface area contributed by atoms with Crippen molar-refractivity contribution in [3.8, 4) is 6.07 Å². The molecule has 1 aromatic rings. The minimum Gasteiger partial charge on any atom is -0.240 e. The fourth-order valence-corrected chi connectivity index (χ4v) is 1.74. The highest BCUT2D eigenvalue weighted by atomic mass is 35.5. The van der Waals surface area contributed by atoms with Crippen molar-refractivity contribution in [2.24, 2.45) is 0 Å². The number of nitriles is 1. The van der Waals surface area contributed by atoms with E-state index in [0.717, 1.165) is 6.07 Å². The van der Waals surface area contributed by atoms with Crippen LogP contribution < -0.4 is 0 Å². The second kappa shape index (κ2) is 5.24. The van der Waals surface area contributed by atoms with Crippen LogP contribution in [0.4, 0.5) is 8.78 Å². The second-order valence-corrected chi connectivity index (χ2v) is 3.37. The molecule has 80 valence electrons. The number of aromatic nitrogens is 1. The van der Waals surface area contributed by atoms with Gasteiger partial charge in [-0.2, -0.15) is 5.26 Å². The lowest BCUT2D eigenvalue weighted by Crippen LogP contribution is -2.00. The minimum absolute atomic E-state index is 0.0536. The van der Waals surface area contributed by atoms with Gasteiger partial charge in [-0.15, -0.1) is 11.6 Å². The summed E-state index contributed by atoms with van der Waals surface area (Å²) in [6, 6.07) is 2.98. The molecule has 0 aliphatic carbocycles. The molecule has 0 spiro atoms. The second-order valence-electron chi connectivity index (χ2n) is 2.74. The molecule has 1 rings (SSSR count). The van der Waals surface area contributed by atoms with Gasteiger partial charge < -0.3 is 0 Å². The lowest BCUT2D eigenvalue weighted by Gasteiger charge is -2.09. The van der Waals surface area contributed by atoms with Gasteiger partial charge in [0.1, 0.15) is 5.15 Å². The molecule has 2 nitrogen and oxygen atoms in total. The first-order valence-electron chi connectivity index (χ1n) is 3.99. The Morgan fingerprint density at radius 2 is 2.20 bits per heavy atom. The van der Waals surface area contributed by atoms with E-state index < -0.39 is 6.43 Å². The summed E-state index contributed by atoms with van der Waals surface area (Å²) in [6.07, 6.45) is -2.72. The lowest BCUT2D eigenvalue weighted by atomic mass is 10.1. The summed E-state index contributed by atoms with van der Waals surface area (Å²) in [7, 11) is 0. The topological polar surface area (TPSA) is 36.7 Å². The maximum atomic E-state index is 12.6. The standard InChI is InChI=1S/C9H6Cl2F2N2/c10-4-7-6(9(12)13)3-5(1-2-14)15-8(7)11/h3,9H,1,4H2. The van der Waals surface area contributed by atoms with Gasteiger partial charge >= 0.3 is 0 Å². The molecule has 0 bridgehead atoms. The zero-order valence-electron chi connectivity index (χ0n) is 7.48. The number of hydrogen-bond donors (Lipinski definition) is 0. The highest BCUT2D eigenvalue weighted by molar-refractivity contribution is 6.31. The highest BCUT2D eigenvalue weighted by Crippen LogP contribution is 2.29. The van der Waals surface area contributed by atoms with E-state index in [1.165, 1.54) is 0 Å². The Kier molecular flexibility index (Phi) is 4.25. The molecule has 0 saturated heterocycles. The molecule has 0 radical (unpaired) electrons. The monoisotopic (exact) mass is 250 g/mol. The number of rotatable bonds is 3. The highest BCUT2D eigenvalue weighted by Gasteiger charge is 2.17. The van der Waals surface area contributed by atoms with Crippen molar-refractivity contribution in [3.05, 3.63) is 28.0 Å². The van der Waals surface area contributed by atoms with Crippen LogP contribution in [0.3, 0.4) is 0 Å². The zero-order chi connectivity index (χ0) is 11.4. The SMILES string of the molecule is N#CCc1cc(C(F)F)c(CCl)c(Cl)n1. The van der Waals surface area contributed by atoms with Gasteiger partial charge in [0.05, 0.1) is 24.1 Å². The molecule has 0 aliphatic rings. The van der Waals surface area contributed by atoms with Gasteiger partial charge in [0.25, 0.3) is 6.43 Å². The molecule has 0 N–H and O–H groups in total. The average molecular weight is 251 g/mol. The molecule has 0 atom stereocenters. The number of nitrogens with zero attached hydrogens (tertiary/aromatic N) is 2. The van der Waals surface area contributed by atoms with Crippen LogP contribution >= 0.6 is 23.2 Å². The number of halogens is 4. The molecular formula is C9H6Cl2F2N2. The summed E-state index contributed by atoms with van der Waals surface area (Å²) in [5.74, 6) is -0.127. The van der Waals surface area contributed by atoms with E-state index in [2.05, 4.69) is 4.98 Å². The van der Waals surface area contributed by atoms with Gasteiger partial charge in [-0.3, -0.25) is 0 Å². The molecule has 0 fully saturated rings. The molecule has 15 heavy (non-hydrogen) atoms. The van der Waals surface area contributed by atoms with Crippen molar-refractivity contribution >= 4 is 23.2 Å². The molecular weight excluding hydrogens is 245 g/mol. The quantitative estimate of drug-likeness (QED) is 0.609. The van der Waals surface area contributed by atoms with Gasteiger partial charge in [0, 0.05) is 11.1 Å². The molecule has 6 heteroatoms. The van der Waals surface area contributed by atoms with Crippen molar-refractivity contribution in [1.82, 2.24) is 4.98 Å². The van der Waals surface area contributed by atoms with E-state index >= 15 is 0 Å². The Bertz CT molecular complexity index is 402. The predicted octanol–water partition coefficient (Wildman–Crippen LogP) is 3.48. The molecule has 0 aliphatic heterocycles. The van der Waals surface area contributed by atoms with E-state index in [0.29, 0.717) is 0 Å². The van der Waals surface area contributed by atoms with Crippen LogP contribution in [-0.2, 0) is 12.3 Å². The Labute approximate surface area is 95.4 Å². The fraction of sp³-hybridized carbons (Fsp3) is 0.333. The van der Waals surface area contributed by atoms with Gasteiger partial charge in [-0.1, -0.05) is 11.6 Å². The molecule has 1 heterocycles. The van der Waals surface area contributed by atoms with Gasteiger partial charge in [0.2, 0.25) is 0 Å². The summed E-state index contributed by atoms with van der Waals surface area (Å²) >= 11 is 11.2. The van der Waals surface area contributed by atoms with E-state index in [-0.39, 0.29) is 34.3 Å². The normalized spacial score (nSPS) is 10.4. The van der Waals surface area contributed by atoms with Crippen molar-refractivity contribution in [2.45, 2.75) is 18.7 Å². The Hall–Kier alpha value is -0.920. The van der Waals surface area contributed by atoms with Crippen molar-refractivity contribution in [2.75, 3.05) is 0 Å². The third-order valence-electron chi connectivity index (χ3n) is 1.79. The Balaban J connectivity index is 3.27. The number of pyridine rings is 1. The van der Waals surface area contributed by atoms with Crippen LogP contribution in [-0.4, -0.2) is 4.98 Å². The number of alkyl halides is 3. The first-order chi connectivity index (χ1) is 7.10. The maximum absolute atomic E-state index is 12.6. The Morgan fingerprint density at radius 1 is 1.53 bits per heavy atom. The van der Waals surface area contributed by atoms with Gasteiger partial charge in [-0.05, 0) is 6.07 Å². The van der Waals surface area contributed by atoms with Crippen molar-refractivity contribution in [3.63, 3.8) is 0 Å². The summed E-state index contributed by atoms with van der Waals surface area (Å²) in [6.45, 7) is 0. The van der Waals surface area contributed by atoms with E-state index in [4.69, 9.17) is 28.5 Å². The summed E-state index contributed by atoms with van der Waals surface area (Å²) in [5.41, 5.74) is 0.0944. The molecule has 1 aromatic heterocycles. The zero-order valence-corrected chi connectivity index (χ0v) is 8.99. The molecule has 0 saturated carbocycles. The van der Waals surface area contributed by atoms with Crippen LogP contribution in [0.1, 0.15) is 23.2 Å². The van der Waals surface area contributed by atoms with Crippen LogP contribution in [0.15, 0.2) is 6.07 Å². The molecule has 0 aromatic carbocycles. The van der Waals surface area contributed by atoms with Crippen molar-refractivity contribution < 1.29 is 8.78 Å². The van der Waals surface area contributed by atoms with Crippen molar-refractivity contribution in [1.29, 1.82) is 5.26 Å². The summed E-state index contributed by atoms with van der Waals surface area (Å²) in [4.78, 5) is 3.80. The first kappa shape index (κ1) is 12.2.